The average Bonchev–Trinajstić information content (AvgIpc) is 2.97. The predicted molar refractivity (Wildman–Crippen MR) is 117 cm³/mol. The van der Waals surface area contributed by atoms with E-state index in [4.69, 9.17) is 4.55 Å². The molecule has 2 aromatic rings. The number of carbonyl (C=O) groups is 4. The Morgan fingerprint density at radius 3 is 2.13 bits per heavy atom. The van der Waals surface area contributed by atoms with Gasteiger partial charge in [0.15, 0.2) is 11.1 Å². The summed E-state index contributed by atoms with van der Waals surface area (Å²) in [5, 5.41) is 3.70. The number of amides is 4. The highest BCUT2D eigenvalue weighted by molar-refractivity contribution is 8.15. The van der Waals surface area contributed by atoms with Crippen molar-refractivity contribution in [1.29, 1.82) is 0 Å². The van der Waals surface area contributed by atoms with Gasteiger partial charge in [-0.25, -0.2) is 4.21 Å². The molecule has 0 aliphatic carbocycles. The maximum absolute atomic E-state index is 12.5. The molecule has 0 aromatic heterocycles. The molecule has 11 heteroatoms. The minimum atomic E-state index is -2.13. The van der Waals surface area contributed by atoms with E-state index < -0.39 is 45.8 Å². The van der Waals surface area contributed by atoms with E-state index in [1.807, 2.05) is 19.1 Å². The van der Waals surface area contributed by atoms with Crippen molar-refractivity contribution in [2.75, 3.05) is 17.2 Å². The number of rotatable bonds is 7. The summed E-state index contributed by atoms with van der Waals surface area (Å²) in [6.45, 7) is 1.43. The molecule has 1 heterocycles. The molecule has 1 aliphatic rings. The van der Waals surface area contributed by atoms with Crippen LogP contribution in [0.1, 0.15) is 12.0 Å². The first-order valence-corrected chi connectivity index (χ1v) is 11.1. The van der Waals surface area contributed by atoms with E-state index in [0.717, 1.165) is 10.5 Å². The fourth-order valence-electron chi connectivity index (χ4n) is 2.79. The third-order valence-electron chi connectivity index (χ3n) is 4.35. The Hall–Kier alpha value is -3.02. The van der Waals surface area contributed by atoms with Crippen LogP contribution in [-0.2, 0) is 25.5 Å². The summed E-state index contributed by atoms with van der Waals surface area (Å²) in [4.78, 5) is 50.1. The summed E-state index contributed by atoms with van der Waals surface area (Å²) in [7, 11) is 0. The standard InChI is InChI=1S/C20H19N3O6S2/c1-12-2-4-13(5-3-12)21-17(24)10-16-19(26)23(20(27)30-16)11-18(25)22-14-6-8-15(9-7-14)31(28)29/h2-9,16H,10-11H2,1H3,(H,21,24)(H,22,25)(H,28,29). The van der Waals surface area contributed by atoms with Crippen LogP contribution in [0.2, 0.25) is 0 Å². The van der Waals surface area contributed by atoms with Crippen molar-refractivity contribution in [3.05, 3.63) is 54.1 Å². The largest absolute Gasteiger partial charge is 0.326 e. The second-order valence-corrected chi connectivity index (χ2v) is 8.86. The van der Waals surface area contributed by atoms with E-state index in [1.54, 1.807) is 12.1 Å². The van der Waals surface area contributed by atoms with Crippen LogP contribution in [0.25, 0.3) is 0 Å². The van der Waals surface area contributed by atoms with Gasteiger partial charge in [-0.15, -0.1) is 0 Å². The molecule has 2 aromatic carbocycles. The molecule has 2 unspecified atom stereocenters. The molecule has 1 saturated heterocycles. The van der Waals surface area contributed by atoms with Gasteiger partial charge in [-0.1, -0.05) is 29.5 Å². The maximum atomic E-state index is 12.5. The lowest BCUT2D eigenvalue weighted by Gasteiger charge is -2.14. The van der Waals surface area contributed by atoms with Gasteiger partial charge in [0.25, 0.3) is 5.24 Å². The quantitative estimate of drug-likeness (QED) is 0.540. The second kappa shape index (κ2) is 9.86. The molecule has 4 amide bonds. The first kappa shape index (κ1) is 22.7. The van der Waals surface area contributed by atoms with E-state index in [2.05, 4.69) is 10.6 Å². The zero-order chi connectivity index (χ0) is 22.5. The van der Waals surface area contributed by atoms with E-state index in [9.17, 15) is 23.4 Å². The number of hydrogen-bond donors (Lipinski definition) is 3. The van der Waals surface area contributed by atoms with Crippen molar-refractivity contribution >= 4 is 57.2 Å². The van der Waals surface area contributed by atoms with Crippen molar-refractivity contribution < 1.29 is 27.9 Å². The number of hydrogen-bond acceptors (Lipinski definition) is 6. The van der Waals surface area contributed by atoms with Gasteiger partial charge in [-0.2, -0.15) is 0 Å². The number of thioether (sulfide) groups is 1. The van der Waals surface area contributed by atoms with Gasteiger partial charge in [0.1, 0.15) is 11.8 Å². The van der Waals surface area contributed by atoms with Crippen molar-refractivity contribution in [2.45, 2.75) is 23.5 Å². The van der Waals surface area contributed by atoms with E-state index >= 15 is 0 Å². The SMILES string of the molecule is Cc1ccc(NC(=O)CC2SC(=O)N(CC(=O)Nc3ccc(S(=O)O)cc3)C2=O)cc1. The van der Waals surface area contributed by atoms with Crippen molar-refractivity contribution in [3.63, 3.8) is 0 Å². The molecule has 3 N–H and O–H groups in total. The summed E-state index contributed by atoms with van der Waals surface area (Å²) in [6, 6.07) is 12.8. The zero-order valence-corrected chi connectivity index (χ0v) is 18.0. The van der Waals surface area contributed by atoms with Crippen LogP contribution in [0.5, 0.6) is 0 Å². The van der Waals surface area contributed by atoms with Crippen LogP contribution in [0.4, 0.5) is 16.2 Å². The summed E-state index contributed by atoms with van der Waals surface area (Å²) in [5.41, 5.74) is 1.97. The molecule has 9 nitrogen and oxygen atoms in total. The molecular weight excluding hydrogens is 442 g/mol. The first-order valence-electron chi connectivity index (χ1n) is 9.12. The molecule has 3 rings (SSSR count). The first-order chi connectivity index (χ1) is 14.7. The molecule has 162 valence electrons. The number of aryl methyl sites for hydroxylation is 1. The van der Waals surface area contributed by atoms with Gasteiger partial charge in [-0.05, 0) is 43.3 Å². The summed E-state index contributed by atoms with van der Waals surface area (Å²) in [6.07, 6.45) is -0.193. The summed E-state index contributed by atoms with van der Waals surface area (Å²) < 4.78 is 20.0. The fraction of sp³-hybridized carbons (Fsp3) is 0.200. The molecular formula is C20H19N3O6S2. The van der Waals surface area contributed by atoms with Crippen LogP contribution in [0.3, 0.4) is 0 Å². The molecule has 0 bridgehead atoms. The zero-order valence-electron chi connectivity index (χ0n) is 16.4. The number of nitrogens with zero attached hydrogens (tertiary/aromatic N) is 1. The smallest absolute Gasteiger partial charge is 0.289 e. The Labute approximate surface area is 184 Å². The van der Waals surface area contributed by atoms with Crippen molar-refractivity contribution in [1.82, 2.24) is 4.90 Å². The van der Waals surface area contributed by atoms with Crippen LogP contribution in [-0.4, -0.2) is 48.4 Å². The third-order valence-corrected chi connectivity index (χ3v) is 6.10. The van der Waals surface area contributed by atoms with Crippen LogP contribution in [0.15, 0.2) is 53.4 Å². The van der Waals surface area contributed by atoms with Crippen molar-refractivity contribution in [2.24, 2.45) is 0 Å². The van der Waals surface area contributed by atoms with Gasteiger partial charge in [0.2, 0.25) is 17.7 Å². The lowest BCUT2D eigenvalue weighted by Crippen LogP contribution is -2.38. The number of nitrogens with one attached hydrogen (secondary N) is 2. The Kier molecular flexibility index (Phi) is 7.21. The molecule has 0 radical (unpaired) electrons. The Morgan fingerprint density at radius 2 is 1.55 bits per heavy atom. The van der Waals surface area contributed by atoms with Gasteiger partial charge in [0, 0.05) is 17.8 Å². The van der Waals surface area contributed by atoms with Crippen LogP contribution >= 0.6 is 11.8 Å². The predicted octanol–water partition coefficient (Wildman–Crippen LogP) is 2.61. The monoisotopic (exact) mass is 461 g/mol. The van der Waals surface area contributed by atoms with Gasteiger partial charge in [0.05, 0.1) is 4.90 Å². The normalized spacial score (nSPS) is 16.8. The lowest BCUT2D eigenvalue weighted by molar-refractivity contribution is -0.131. The minimum absolute atomic E-state index is 0.172. The highest BCUT2D eigenvalue weighted by Crippen LogP contribution is 2.29. The Morgan fingerprint density at radius 1 is 1.00 bits per heavy atom. The Bertz CT molecular complexity index is 1040. The summed E-state index contributed by atoms with van der Waals surface area (Å²) >= 11 is -1.42. The molecule has 31 heavy (non-hydrogen) atoms. The molecule has 1 aliphatic heterocycles. The highest BCUT2D eigenvalue weighted by atomic mass is 32.2. The Balaban J connectivity index is 1.54. The van der Waals surface area contributed by atoms with E-state index in [0.29, 0.717) is 23.1 Å². The van der Waals surface area contributed by atoms with E-state index in [-0.39, 0.29) is 11.3 Å². The average molecular weight is 462 g/mol. The van der Waals surface area contributed by atoms with Crippen LogP contribution in [0, 0.1) is 6.92 Å². The number of anilines is 2. The topological polar surface area (TPSA) is 133 Å². The number of carbonyl (C=O) groups excluding carboxylic acids is 4. The number of imide groups is 1. The molecule has 0 saturated carbocycles. The lowest BCUT2D eigenvalue weighted by atomic mass is 10.2. The molecule has 0 spiro atoms. The van der Waals surface area contributed by atoms with Gasteiger partial charge >= 0.3 is 0 Å². The number of benzene rings is 2. The minimum Gasteiger partial charge on any atom is -0.326 e. The van der Waals surface area contributed by atoms with Crippen molar-refractivity contribution in [3.8, 4) is 0 Å². The second-order valence-electron chi connectivity index (χ2n) is 6.74. The van der Waals surface area contributed by atoms with E-state index in [1.165, 1.54) is 24.3 Å². The van der Waals surface area contributed by atoms with Gasteiger partial charge in [-0.3, -0.25) is 24.1 Å². The van der Waals surface area contributed by atoms with Crippen LogP contribution < -0.4 is 10.6 Å². The maximum Gasteiger partial charge on any atom is 0.289 e. The van der Waals surface area contributed by atoms with Gasteiger partial charge < -0.3 is 15.2 Å². The third kappa shape index (κ3) is 6.00. The highest BCUT2D eigenvalue weighted by Gasteiger charge is 2.41. The summed E-state index contributed by atoms with van der Waals surface area (Å²) in [5.74, 6) is -1.62. The fourth-order valence-corrected chi connectivity index (χ4v) is 4.14. The molecule has 1 fully saturated rings. The molecule has 2 atom stereocenters.